The molecule has 0 bridgehead atoms. The van der Waals surface area contributed by atoms with Crippen molar-refractivity contribution in [2.24, 2.45) is 0 Å². The molecule has 0 aromatic heterocycles. The third kappa shape index (κ3) is 5.34. The minimum absolute atomic E-state index is 0.116. The molecule has 2 fully saturated rings. The molecule has 1 aliphatic heterocycles. The molecule has 1 heterocycles. The zero-order valence-corrected chi connectivity index (χ0v) is 18.1. The maximum Gasteiger partial charge on any atom is 0.338 e. The maximum atomic E-state index is 13.0. The number of ketones is 1. The number of carbonyl (C=O) groups excluding carboxylic acids is 4. The number of imide groups is 1. The predicted octanol–water partition coefficient (Wildman–Crippen LogP) is 3.42. The first-order valence-corrected chi connectivity index (χ1v) is 11.1. The number of nitrogens with one attached hydrogen (secondary N) is 1. The van der Waals surface area contributed by atoms with Gasteiger partial charge in [0.2, 0.25) is 5.91 Å². The molecule has 0 radical (unpaired) electrons. The number of esters is 1. The van der Waals surface area contributed by atoms with Gasteiger partial charge in [-0.25, -0.2) is 14.1 Å². The van der Waals surface area contributed by atoms with Gasteiger partial charge in [-0.05, 0) is 61.4 Å². The van der Waals surface area contributed by atoms with E-state index in [0.717, 1.165) is 42.7 Å². The highest BCUT2D eigenvalue weighted by atomic mass is 19.1. The monoisotopic (exact) mass is 452 g/mol. The fourth-order valence-electron chi connectivity index (χ4n) is 4.27. The number of ether oxygens (including phenoxy) is 1. The molecule has 33 heavy (non-hydrogen) atoms. The Hall–Kier alpha value is -3.39. The fraction of sp³-hybridized carbons (Fsp3) is 0.360. The first-order chi connectivity index (χ1) is 15.9. The standard InChI is InChI=1S/C25H25FN2O5/c26-18-10-6-16(7-11-18)22(29)15-33-25(32)17-8-12-20(13-9-17)28-23(30)14-21(24(28)31)27-19-4-2-1-3-5-19/h6-13,19,21,27H,1-5,14-15H2. The molecule has 2 amide bonds. The first kappa shape index (κ1) is 22.8. The smallest absolute Gasteiger partial charge is 0.338 e. The lowest BCUT2D eigenvalue weighted by Crippen LogP contribution is -2.44. The van der Waals surface area contributed by atoms with Crippen molar-refractivity contribution in [3.63, 3.8) is 0 Å². The molecule has 7 nitrogen and oxygen atoms in total. The van der Waals surface area contributed by atoms with E-state index in [4.69, 9.17) is 4.74 Å². The summed E-state index contributed by atoms with van der Waals surface area (Å²) in [5, 5.41) is 3.33. The lowest BCUT2D eigenvalue weighted by molar-refractivity contribution is -0.121. The van der Waals surface area contributed by atoms with Crippen LogP contribution in [-0.4, -0.2) is 42.3 Å². The molecule has 4 rings (SSSR count). The topological polar surface area (TPSA) is 92.8 Å². The van der Waals surface area contributed by atoms with E-state index >= 15 is 0 Å². The third-order valence-corrected chi connectivity index (χ3v) is 6.05. The zero-order chi connectivity index (χ0) is 23.4. The van der Waals surface area contributed by atoms with Crippen molar-refractivity contribution in [3.05, 3.63) is 65.5 Å². The lowest BCUT2D eigenvalue weighted by Gasteiger charge is -2.25. The number of anilines is 1. The van der Waals surface area contributed by atoms with E-state index in [2.05, 4.69) is 5.32 Å². The van der Waals surface area contributed by atoms with E-state index in [0.29, 0.717) is 5.69 Å². The van der Waals surface area contributed by atoms with E-state index in [1.54, 1.807) is 0 Å². The van der Waals surface area contributed by atoms with Gasteiger partial charge in [0.05, 0.1) is 23.7 Å². The second-order valence-electron chi connectivity index (χ2n) is 8.38. The van der Waals surface area contributed by atoms with Gasteiger partial charge in [-0.15, -0.1) is 0 Å². The van der Waals surface area contributed by atoms with Crippen molar-refractivity contribution in [1.82, 2.24) is 5.32 Å². The highest BCUT2D eigenvalue weighted by molar-refractivity contribution is 6.22. The highest BCUT2D eigenvalue weighted by Crippen LogP contribution is 2.25. The zero-order valence-electron chi connectivity index (χ0n) is 18.1. The van der Waals surface area contributed by atoms with Crippen LogP contribution in [0, 0.1) is 5.82 Å². The molecule has 8 heteroatoms. The number of nitrogens with zero attached hydrogens (tertiary/aromatic N) is 1. The van der Waals surface area contributed by atoms with Crippen LogP contribution in [0.1, 0.15) is 59.2 Å². The highest BCUT2D eigenvalue weighted by Gasteiger charge is 2.40. The minimum Gasteiger partial charge on any atom is -0.454 e. The Balaban J connectivity index is 1.34. The average molecular weight is 452 g/mol. The summed E-state index contributed by atoms with van der Waals surface area (Å²) in [6.45, 7) is -0.482. The van der Waals surface area contributed by atoms with E-state index in [-0.39, 0.29) is 35.4 Å². The number of carbonyl (C=O) groups is 4. The van der Waals surface area contributed by atoms with Gasteiger partial charge in [0, 0.05) is 11.6 Å². The Kier molecular flexibility index (Phi) is 6.93. The van der Waals surface area contributed by atoms with E-state index < -0.39 is 30.2 Å². The molecule has 1 aliphatic carbocycles. The van der Waals surface area contributed by atoms with Crippen LogP contribution in [0.15, 0.2) is 48.5 Å². The van der Waals surface area contributed by atoms with Gasteiger partial charge in [-0.2, -0.15) is 0 Å². The third-order valence-electron chi connectivity index (χ3n) is 6.05. The number of Topliss-reactive ketones (excluding diaryl/α,β-unsaturated/α-hetero) is 1. The van der Waals surface area contributed by atoms with E-state index in [1.807, 2.05) is 0 Å². The number of amides is 2. The number of hydrogen-bond donors (Lipinski definition) is 1. The Morgan fingerprint density at radius 3 is 2.24 bits per heavy atom. The molecule has 2 aromatic carbocycles. The molecule has 172 valence electrons. The number of benzene rings is 2. The molecule has 2 aliphatic rings. The molecule has 2 aromatic rings. The molecular weight excluding hydrogens is 427 g/mol. The number of rotatable bonds is 7. The molecule has 1 saturated carbocycles. The SMILES string of the molecule is O=C(COC(=O)c1ccc(N2C(=O)CC(NC3CCCCC3)C2=O)cc1)c1ccc(F)cc1. The Bertz CT molecular complexity index is 1050. The fourth-order valence-corrected chi connectivity index (χ4v) is 4.27. The molecular formula is C25H25FN2O5. The van der Waals surface area contributed by atoms with Gasteiger partial charge in [0.25, 0.3) is 5.91 Å². The quantitative estimate of drug-likeness (QED) is 0.393. The van der Waals surface area contributed by atoms with Crippen LogP contribution in [0.3, 0.4) is 0 Å². The van der Waals surface area contributed by atoms with Crippen LogP contribution < -0.4 is 10.2 Å². The molecule has 1 unspecified atom stereocenters. The summed E-state index contributed by atoms with van der Waals surface area (Å²) in [7, 11) is 0. The molecule has 1 N–H and O–H groups in total. The largest absolute Gasteiger partial charge is 0.454 e. The second-order valence-corrected chi connectivity index (χ2v) is 8.38. The minimum atomic E-state index is -0.715. The Morgan fingerprint density at radius 1 is 0.939 bits per heavy atom. The van der Waals surface area contributed by atoms with Gasteiger partial charge in [-0.1, -0.05) is 19.3 Å². The van der Waals surface area contributed by atoms with Gasteiger partial charge in [-0.3, -0.25) is 14.4 Å². The summed E-state index contributed by atoms with van der Waals surface area (Å²) in [6, 6.07) is 10.6. The average Bonchev–Trinajstić information content (AvgIpc) is 3.11. The van der Waals surface area contributed by atoms with Crippen molar-refractivity contribution < 1.29 is 28.3 Å². The van der Waals surface area contributed by atoms with Crippen molar-refractivity contribution in [1.29, 1.82) is 0 Å². The normalized spacial score (nSPS) is 19.1. The van der Waals surface area contributed by atoms with Crippen molar-refractivity contribution in [2.75, 3.05) is 11.5 Å². The van der Waals surface area contributed by atoms with E-state index in [1.165, 1.54) is 42.8 Å². The number of hydrogen-bond acceptors (Lipinski definition) is 6. The van der Waals surface area contributed by atoms with Crippen LogP contribution in [0.4, 0.5) is 10.1 Å². The van der Waals surface area contributed by atoms with Crippen LogP contribution >= 0.6 is 0 Å². The number of halogens is 1. The van der Waals surface area contributed by atoms with Crippen molar-refractivity contribution in [3.8, 4) is 0 Å². The lowest BCUT2D eigenvalue weighted by atomic mass is 9.95. The summed E-state index contributed by atoms with van der Waals surface area (Å²) in [4.78, 5) is 50.8. The van der Waals surface area contributed by atoms with Crippen LogP contribution in [-0.2, 0) is 14.3 Å². The van der Waals surface area contributed by atoms with E-state index in [9.17, 15) is 23.6 Å². The summed E-state index contributed by atoms with van der Waals surface area (Å²) in [6.07, 6.45) is 5.60. The molecule has 1 saturated heterocycles. The molecule has 1 atom stereocenters. The van der Waals surface area contributed by atoms with Crippen LogP contribution in [0.25, 0.3) is 0 Å². The Labute approximate surface area is 190 Å². The van der Waals surface area contributed by atoms with Crippen molar-refractivity contribution in [2.45, 2.75) is 50.6 Å². The van der Waals surface area contributed by atoms with Gasteiger partial charge in [0.15, 0.2) is 12.4 Å². The molecule has 0 spiro atoms. The second kappa shape index (κ2) is 10.0. The van der Waals surface area contributed by atoms with Crippen LogP contribution in [0.5, 0.6) is 0 Å². The summed E-state index contributed by atoms with van der Waals surface area (Å²) >= 11 is 0. The van der Waals surface area contributed by atoms with Gasteiger partial charge < -0.3 is 10.1 Å². The maximum absolute atomic E-state index is 13.0. The van der Waals surface area contributed by atoms with Crippen LogP contribution in [0.2, 0.25) is 0 Å². The summed E-state index contributed by atoms with van der Waals surface area (Å²) in [5.41, 5.74) is 0.806. The van der Waals surface area contributed by atoms with Gasteiger partial charge >= 0.3 is 5.97 Å². The summed E-state index contributed by atoms with van der Waals surface area (Å²) in [5.74, 6) is -2.20. The van der Waals surface area contributed by atoms with Crippen molar-refractivity contribution >= 4 is 29.3 Å². The van der Waals surface area contributed by atoms with Gasteiger partial charge in [0.1, 0.15) is 5.82 Å². The first-order valence-electron chi connectivity index (χ1n) is 11.1. The Morgan fingerprint density at radius 2 is 1.58 bits per heavy atom. The summed E-state index contributed by atoms with van der Waals surface area (Å²) < 4.78 is 18.0. The predicted molar refractivity (Wildman–Crippen MR) is 118 cm³/mol.